The van der Waals surface area contributed by atoms with E-state index in [-0.39, 0.29) is 5.91 Å². The van der Waals surface area contributed by atoms with E-state index in [1.165, 1.54) is 5.69 Å². The summed E-state index contributed by atoms with van der Waals surface area (Å²) in [6.45, 7) is 5.93. The van der Waals surface area contributed by atoms with Gasteiger partial charge in [-0.3, -0.25) is 4.79 Å². The van der Waals surface area contributed by atoms with Crippen molar-refractivity contribution in [3.63, 3.8) is 0 Å². The fourth-order valence-corrected chi connectivity index (χ4v) is 4.19. The van der Waals surface area contributed by atoms with Gasteiger partial charge in [0.05, 0.1) is 6.42 Å². The minimum Gasteiger partial charge on any atom is -0.363 e. The number of nitrogens with zero attached hydrogens (tertiary/aromatic N) is 2. The highest BCUT2D eigenvalue weighted by Gasteiger charge is 2.31. The van der Waals surface area contributed by atoms with E-state index in [1.54, 1.807) is 0 Å². The number of carbonyl (C=O) groups is 1. The highest BCUT2D eigenvalue weighted by atomic mass is 16.2. The largest absolute Gasteiger partial charge is 0.363 e. The van der Waals surface area contributed by atoms with E-state index < -0.39 is 0 Å². The molecule has 1 aliphatic heterocycles. The number of carbonyl (C=O) groups excluding carboxylic acids is 1. The van der Waals surface area contributed by atoms with E-state index in [9.17, 15) is 4.79 Å². The highest BCUT2D eigenvalue weighted by Crippen LogP contribution is 2.25. The molecule has 26 heavy (non-hydrogen) atoms. The van der Waals surface area contributed by atoms with Crippen LogP contribution < -0.4 is 4.90 Å². The molecule has 134 valence electrons. The molecule has 0 spiro atoms. The van der Waals surface area contributed by atoms with Crippen LogP contribution in [0.5, 0.6) is 0 Å². The molecule has 0 radical (unpaired) electrons. The van der Waals surface area contributed by atoms with Gasteiger partial charge in [0.1, 0.15) is 0 Å². The van der Waals surface area contributed by atoms with Gasteiger partial charge in [-0.1, -0.05) is 36.4 Å². The summed E-state index contributed by atoms with van der Waals surface area (Å²) in [7, 11) is 0. The van der Waals surface area contributed by atoms with Crippen molar-refractivity contribution in [2.45, 2.75) is 32.4 Å². The molecular formula is C22H25N3O. The van der Waals surface area contributed by atoms with E-state index in [2.05, 4.69) is 54.1 Å². The highest BCUT2D eigenvalue weighted by molar-refractivity contribution is 5.89. The Bertz CT molecular complexity index is 890. The number of piperazine rings is 1. The fraction of sp³-hybridized carbons (Fsp3) is 0.318. The van der Waals surface area contributed by atoms with Gasteiger partial charge in [-0.05, 0) is 37.6 Å². The lowest BCUT2D eigenvalue weighted by molar-refractivity contribution is -0.131. The Labute approximate surface area is 154 Å². The summed E-state index contributed by atoms with van der Waals surface area (Å²) in [4.78, 5) is 20.7. The molecule has 4 nitrogen and oxygen atoms in total. The Morgan fingerprint density at radius 2 is 1.65 bits per heavy atom. The molecule has 0 bridgehead atoms. The zero-order chi connectivity index (χ0) is 18.1. The van der Waals surface area contributed by atoms with E-state index in [0.717, 1.165) is 29.6 Å². The van der Waals surface area contributed by atoms with Gasteiger partial charge in [-0.15, -0.1) is 0 Å². The molecule has 1 aromatic heterocycles. The first kappa shape index (κ1) is 16.7. The summed E-state index contributed by atoms with van der Waals surface area (Å²) in [5, 5.41) is 1.14. The van der Waals surface area contributed by atoms with Gasteiger partial charge >= 0.3 is 0 Å². The van der Waals surface area contributed by atoms with Crippen LogP contribution in [0, 0.1) is 0 Å². The van der Waals surface area contributed by atoms with Gasteiger partial charge in [-0.2, -0.15) is 0 Å². The average molecular weight is 347 g/mol. The molecule has 2 heterocycles. The van der Waals surface area contributed by atoms with Crippen LogP contribution in [0.2, 0.25) is 0 Å². The smallest absolute Gasteiger partial charge is 0.227 e. The third-order valence-electron chi connectivity index (χ3n) is 5.34. The predicted molar refractivity (Wildman–Crippen MR) is 106 cm³/mol. The lowest BCUT2D eigenvalue weighted by Crippen LogP contribution is -2.58. The zero-order valence-electron chi connectivity index (χ0n) is 15.4. The average Bonchev–Trinajstić information content (AvgIpc) is 3.05. The maximum atomic E-state index is 12.9. The van der Waals surface area contributed by atoms with Crippen LogP contribution in [0.4, 0.5) is 5.69 Å². The van der Waals surface area contributed by atoms with Gasteiger partial charge in [0.15, 0.2) is 0 Å². The van der Waals surface area contributed by atoms with Crippen LogP contribution in [0.15, 0.2) is 60.8 Å². The Morgan fingerprint density at radius 3 is 2.38 bits per heavy atom. The first-order valence-corrected chi connectivity index (χ1v) is 9.29. The SMILES string of the molecule is CC1CN(C(=O)Cc2c[nH]c3ccccc23)CC(C)N1c1ccccc1. The Kier molecular flexibility index (Phi) is 4.41. The Hall–Kier alpha value is -2.75. The van der Waals surface area contributed by atoms with Gasteiger partial charge < -0.3 is 14.8 Å². The molecule has 0 saturated carbocycles. The standard InChI is InChI=1S/C22H25N3O/c1-16-14-24(15-17(2)25(16)19-8-4-3-5-9-19)22(26)12-18-13-23-21-11-7-6-10-20(18)21/h3-11,13,16-17,23H,12,14-15H2,1-2H3. The number of para-hydroxylation sites is 2. The fourth-order valence-electron chi connectivity index (χ4n) is 4.19. The second-order valence-electron chi connectivity index (χ2n) is 7.28. The number of nitrogens with one attached hydrogen (secondary N) is 1. The van der Waals surface area contributed by atoms with Gasteiger partial charge in [0.25, 0.3) is 0 Å². The number of amides is 1. The van der Waals surface area contributed by atoms with E-state index in [4.69, 9.17) is 0 Å². The lowest BCUT2D eigenvalue weighted by atomic mass is 10.0. The first-order valence-electron chi connectivity index (χ1n) is 9.29. The van der Waals surface area contributed by atoms with Gasteiger partial charge in [-0.25, -0.2) is 0 Å². The molecule has 0 aliphatic carbocycles. The topological polar surface area (TPSA) is 39.3 Å². The van der Waals surface area contributed by atoms with Crippen molar-refractivity contribution >= 4 is 22.5 Å². The molecule has 1 amide bonds. The predicted octanol–water partition coefficient (Wildman–Crippen LogP) is 3.84. The molecule has 2 aromatic carbocycles. The van der Waals surface area contributed by atoms with Crippen molar-refractivity contribution in [2.75, 3.05) is 18.0 Å². The summed E-state index contributed by atoms with van der Waals surface area (Å²) in [5.74, 6) is 0.209. The summed E-state index contributed by atoms with van der Waals surface area (Å²) in [6.07, 6.45) is 2.42. The summed E-state index contributed by atoms with van der Waals surface area (Å²) in [5.41, 5.74) is 3.40. The molecule has 4 rings (SSSR count). The number of anilines is 1. The lowest BCUT2D eigenvalue weighted by Gasteiger charge is -2.46. The van der Waals surface area contributed by atoms with Crippen LogP contribution in [-0.4, -0.2) is 41.0 Å². The number of aromatic amines is 1. The molecule has 1 N–H and O–H groups in total. The van der Waals surface area contributed by atoms with E-state index in [0.29, 0.717) is 18.5 Å². The summed E-state index contributed by atoms with van der Waals surface area (Å²) < 4.78 is 0. The normalized spacial score (nSPS) is 20.5. The molecule has 2 unspecified atom stereocenters. The van der Waals surface area contributed by atoms with Crippen LogP contribution in [0.1, 0.15) is 19.4 Å². The second kappa shape index (κ2) is 6.87. The monoisotopic (exact) mass is 347 g/mol. The number of H-pyrrole nitrogens is 1. The van der Waals surface area contributed by atoms with E-state index in [1.807, 2.05) is 35.4 Å². The molecule has 1 fully saturated rings. The minimum atomic E-state index is 0.209. The van der Waals surface area contributed by atoms with Crippen molar-refractivity contribution < 1.29 is 4.79 Å². The third kappa shape index (κ3) is 3.07. The number of aromatic nitrogens is 1. The number of hydrogen-bond acceptors (Lipinski definition) is 2. The summed E-state index contributed by atoms with van der Waals surface area (Å²) >= 11 is 0. The molecule has 3 aromatic rings. The number of benzene rings is 2. The number of fused-ring (bicyclic) bond motifs is 1. The third-order valence-corrected chi connectivity index (χ3v) is 5.34. The van der Waals surface area contributed by atoms with Crippen molar-refractivity contribution in [1.29, 1.82) is 0 Å². The van der Waals surface area contributed by atoms with Gasteiger partial charge in [0.2, 0.25) is 5.91 Å². The van der Waals surface area contributed by atoms with Crippen molar-refractivity contribution in [3.05, 3.63) is 66.4 Å². The van der Waals surface area contributed by atoms with Crippen LogP contribution >= 0.6 is 0 Å². The zero-order valence-corrected chi connectivity index (χ0v) is 15.4. The van der Waals surface area contributed by atoms with Crippen molar-refractivity contribution in [2.24, 2.45) is 0 Å². The Morgan fingerprint density at radius 1 is 1.00 bits per heavy atom. The summed E-state index contributed by atoms with van der Waals surface area (Å²) in [6, 6.07) is 19.2. The molecule has 1 aliphatic rings. The quantitative estimate of drug-likeness (QED) is 0.782. The van der Waals surface area contributed by atoms with E-state index >= 15 is 0 Å². The first-order chi connectivity index (χ1) is 12.6. The number of rotatable bonds is 3. The number of hydrogen-bond donors (Lipinski definition) is 1. The van der Waals surface area contributed by atoms with Crippen LogP contribution in [0.3, 0.4) is 0 Å². The molecule has 2 atom stereocenters. The maximum absolute atomic E-state index is 12.9. The molecular weight excluding hydrogens is 322 g/mol. The maximum Gasteiger partial charge on any atom is 0.227 e. The molecule has 4 heteroatoms. The molecule has 1 saturated heterocycles. The minimum absolute atomic E-state index is 0.209. The van der Waals surface area contributed by atoms with Gasteiger partial charge in [0, 0.05) is 48.0 Å². The van der Waals surface area contributed by atoms with Crippen molar-refractivity contribution in [3.8, 4) is 0 Å². The second-order valence-corrected chi connectivity index (χ2v) is 7.28. The van der Waals surface area contributed by atoms with Crippen LogP contribution in [0.25, 0.3) is 10.9 Å². The van der Waals surface area contributed by atoms with Crippen molar-refractivity contribution in [1.82, 2.24) is 9.88 Å². The Balaban J connectivity index is 1.48. The van der Waals surface area contributed by atoms with Crippen LogP contribution in [-0.2, 0) is 11.2 Å².